The van der Waals surface area contributed by atoms with Gasteiger partial charge in [0.25, 0.3) is 0 Å². The van der Waals surface area contributed by atoms with Gasteiger partial charge in [-0.05, 0) is 52.0 Å². The van der Waals surface area contributed by atoms with Gasteiger partial charge in [0.15, 0.2) is 0 Å². The maximum atomic E-state index is 4.93. The van der Waals surface area contributed by atoms with E-state index in [4.69, 9.17) is 4.52 Å². The van der Waals surface area contributed by atoms with Crippen LogP contribution in [0.4, 0.5) is 0 Å². The minimum Gasteiger partial charge on any atom is -0.364 e. The molecule has 0 radical (unpaired) electrons. The lowest BCUT2D eigenvalue weighted by Crippen LogP contribution is -2.21. The van der Waals surface area contributed by atoms with Crippen LogP contribution in [0.15, 0.2) is 29.0 Å². The maximum absolute atomic E-state index is 4.93. The Bertz CT molecular complexity index is 546. The van der Waals surface area contributed by atoms with Crippen molar-refractivity contribution in [2.45, 2.75) is 38.9 Å². The Balaban J connectivity index is 1.56. The summed E-state index contributed by atoms with van der Waals surface area (Å²) >= 11 is 1.94. The van der Waals surface area contributed by atoms with Gasteiger partial charge >= 0.3 is 0 Å². The Morgan fingerprint density at radius 1 is 1.29 bits per heavy atom. The predicted molar refractivity (Wildman–Crippen MR) is 85.2 cm³/mol. The van der Waals surface area contributed by atoms with Crippen molar-refractivity contribution in [2.24, 2.45) is 0 Å². The summed E-state index contributed by atoms with van der Waals surface area (Å²) in [6.45, 7) is 6.76. The first-order chi connectivity index (χ1) is 10.2. The average molecular weight is 305 g/mol. The van der Waals surface area contributed by atoms with Gasteiger partial charge in [0.2, 0.25) is 0 Å². The summed E-state index contributed by atoms with van der Waals surface area (Å²) in [7, 11) is 2.14. The van der Waals surface area contributed by atoms with Crippen molar-refractivity contribution in [3.05, 3.63) is 39.9 Å². The van der Waals surface area contributed by atoms with E-state index in [1.165, 1.54) is 35.7 Å². The molecule has 4 nitrogen and oxygen atoms in total. The van der Waals surface area contributed by atoms with Crippen LogP contribution in [0.25, 0.3) is 0 Å². The molecule has 3 rings (SSSR count). The number of aromatic nitrogens is 1. The second-order valence-corrected chi connectivity index (χ2v) is 7.12. The third-order valence-electron chi connectivity index (χ3n) is 4.25. The highest BCUT2D eigenvalue weighted by atomic mass is 32.1. The minimum absolute atomic E-state index is 0.271. The van der Waals surface area contributed by atoms with Crippen LogP contribution in [-0.2, 0) is 13.1 Å². The van der Waals surface area contributed by atoms with Crippen LogP contribution in [0.5, 0.6) is 0 Å². The van der Waals surface area contributed by atoms with E-state index >= 15 is 0 Å². The van der Waals surface area contributed by atoms with Gasteiger partial charge in [0, 0.05) is 28.9 Å². The number of hydrogen-bond acceptors (Lipinski definition) is 5. The first-order valence-electron chi connectivity index (χ1n) is 7.63. The first kappa shape index (κ1) is 14.8. The molecule has 2 aromatic rings. The predicted octanol–water partition coefficient (Wildman–Crippen LogP) is 3.52. The Kier molecular flexibility index (Phi) is 4.73. The summed E-state index contributed by atoms with van der Waals surface area (Å²) < 4.78 is 4.93. The number of nitrogens with zero attached hydrogens (tertiary/aromatic N) is 3. The monoisotopic (exact) mass is 305 g/mol. The summed E-state index contributed by atoms with van der Waals surface area (Å²) in [6.07, 6.45) is 4.35. The molecule has 114 valence electrons. The molecule has 0 amide bonds. The average Bonchev–Trinajstić information content (AvgIpc) is 3.20. The Hall–Kier alpha value is -1.17. The van der Waals surface area contributed by atoms with Crippen molar-refractivity contribution in [1.29, 1.82) is 0 Å². The largest absolute Gasteiger partial charge is 0.364 e. The van der Waals surface area contributed by atoms with Crippen molar-refractivity contribution in [3.8, 4) is 0 Å². The topological polar surface area (TPSA) is 32.5 Å². The molecule has 5 heteroatoms. The van der Waals surface area contributed by atoms with Gasteiger partial charge in [-0.2, -0.15) is 0 Å². The van der Waals surface area contributed by atoms with E-state index in [0.29, 0.717) is 0 Å². The molecule has 1 saturated heterocycles. The Morgan fingerprint density at radius 2 is 2.05 bits per heavy atom. The molecule has 1 fully saturated rings. The summed E-state index contributed by atoms with van der Waals surface area (Å²) in [4.78, 5) is 7.76. The molecule has 21 heavy (non-hydrogen) atoms. The number of likely N-dealkylation sites (tertiary alicyclic amines) is 1. The van der Waals surface area contributed by atoms with Crippen molar-refractivity contribution in [1.82, 2.24) is 15.0 Å². The van der Waals surface area contributed by atoms with E-state index in [1.807, 2.05) is 17.4 Å². The Morgan fingerprint density at radius 3 is 2.76 bits per heavy atom. The third-order valence-corrected chi connectivity index (χ3v) is 5.30. The van der Waals surface area contributed by atoms with E-state index < -0.39 is 0 Å². The molecule has 0 aromatic carbocycles. The molecule has 0 saturated carbocycles. The van der Waals surface area contributed by atoms with E-state index in [0.717, 1.165) is 18.8 Å². The van der Waals surface area contributed by atoms with Gasteiger partial charge in [-0.15, -0.1) is 11.3 Å². The van der Waals surface area contributed by atoms with Crippen LogP contribution in [-0.4, -0.2) is 35.1 Å². The molecule has 1 atom stereocenters. The van der Waals surface area contributed by atoms with E-state index in [1.54, 1.807) is 6.26 Å². The lowest BCUT2D eigenvalue weighted by molar-refractivity contribution is 0.243. The van der Waals surface area contributed by atoms with Crippen molar-refractivity contribution < 1.29 is 4.52 Å². The van der Waals surface area contributed by atoms with Crippen LogP contribution in [0.2, 0.25) is 0 Å². The molecular formula is C16H23N3OS. The van der Waals surface area contributed by atoms with E-state index in [-0.39, 0.29) is 6.04 Å². The van der Waals surface area contributed by atoms with Crippen LogP contribution in [0, 0.1) is 0 Å². The second kappa shape index (κ2) is 6.73. The first-order valence-corrected chi connectivity index (χ1v) is 8.44. The molecule has 1 aliphatic heterocycles. The quantitative estimate of drug-likeness (QED) is 0.817. The second-order valence-electron chi connectivity index (χ2n) is 5.87. The fourth-order valence-electron chi connectivity index (χ4n) is 2.80. The molecule has 3 heterocycles. The summed E-state index contributed by atoms with van der Waals surface area (Å²) in [5, 5.41) is 4.03. The van der Waals surface area contributed by atoms with E-state index in [2.05, 4.69) is 41.1 Å². The lowest BCUT2D eigenvalue weighted by Gasteiger charge is -2.21. The molecule has 1 aliphatic rings. The van der Waals surface area contributed by atoms with Gasteiger partial charge in [0.05, 0.1) is 6.04 Å². The van der Waals surface area contributed by atoms with Crippen molar-refractivity contribution in [3.63, 3.8) is 0 Å². The van der Waals surface area contributed by atoms with Crippen LogP contribution >= 0.6 is 11.3 Å². The van der Waals surface area contributed by atoms with Gasteiger partial charge in [-0.3, -0.25) is 9.80 Å². The lowest BCUT2D eigenvalue weighted by atomic mass is 10.2. The zero-order chi connectivity index (χ0) is 14.7. The molecule has 2 aromatic heterocycles. The number of rotatable bonds is 6. The van der Waals surface area contributed by atoms with Gasteiger partial charge in [-0.1, -0.05) is 5.16 Å². The molecule has 0 N–H and O–H groups in total. The zero-order valence-corrected chi connectivity index (χ0v) is 13.6. The van der Waals surface area contributed by atoms with Gasteiger partial charge in [-0.25, -0.2) is 0 Å². The van der Waals surface area contributed by atoms with Gasteiger partial charge < -0.3 is 4.52 Å². The fraction of sp³-hybridized carbons (Fsp3) is 0.562. The fourth-order valence-corrected chi connectivity index (χ4v) is 3.92. The normalized spacial score (nSPS) is 17.7. The smallest absolute Gasteiger partial charge is 0.124 e. The molecule has 0 aliphatic carbocycles. The highest BCUT2D eigenvalue weighted by Crippen LogP contribution is 2.24. The molecule has 0 spiro atoms. The molecule has 0 bridgehead atoms. The van der Waals surface area contributed by atoms with Crippen LogP contribution in [0.3, 0.4) is 0 Å². The highest BCUT2D eigenvalue weighted by molar-refractivity contribution is 7.11. The van der Waals surface area contributed by atoms with Crippen molar-refractivity contribution in [2.75, 3.05) is 20.1 Å². The third kappa shape index (κ3) is 3.73. The van der Waals surface area contributed by atoms with Crippen LogP contribution < -0.4 is 0 Å². The molecular weight excluding hydrogens is 282 g/mol. The molecule has 0 unspecified atom stereocenters. The van der Waals surface area contributed by atoms with Crippen molar-refractivity contribution >= 4 is 11.3 Å². The Labute approximate surface area is 130 Å². The highest BCUT2D eigenvalue weighted by Gasteiger charge is 2.16. The zero-order valence-electron chi connectivity index (χ0n) is 12.8. The maximum Gasteiger partial charge on any atom is 0.124 e. The standard InChI is InChI=1S/C16H23N3OS/c1-13(16-7-10-20-17-16)18(2)11-14-5-6-15(21-14)12-19-8-3-4-9-19/h5-7,10,13H,3-4,8-9,11-12H2,1-2H3/t13-/m0/s1. The number of hydrogen-bond donors (Lipinski definition) is 0. The summed E-state index contributed by atoms with van der Waals surface area (Å²) in [5.41, 5.74) is 0.992. The summed E-state index contributed by atoms with van der Waals surface area (Å²) in [6, 6.07) is 6.76. The van der Waals surface area contributed by atoms with E-state index in [9.17, 15) is 0 Å². The van der Waals surface area contributed by atoms with Crippen LogP contribution in [0.1, 0.15) is 41.3 Å². The number of thiophene rings is 1. The SMILES string of the molecule is C[C@@H](c1ccon1)N(C)Cc1ccc(CN2CCCC2)s1. The summed E-state index contributed by atoms with van der Waals surface area (Å²) in [5.74, 6) is 0. The minimum atomic E-state index is 0.271. The van der Waals surface area contributed by atoms with Gasteiger partial charge in [0.1, 0.15) is 12.0 Å².